The van der Waals surface area contributed by atoms with Crippen molar-refractivity contribution in [3.05, 3.63) is 29.8 Å². The van der Waals surface area contributed by atoms with Crippen LogP contribution in [0.25, 0.3) is 0 Å². The van der Waals surface area contributed by atoms with E-state index in [-0.39, 0.29) is 28.7 Å². The highest BCUT2D eigenvalue weighted by atomic mass is 127. The third-order valence-corrected chi connectivity index (χ3v) is 4.36. The number of hydrogen-bond donors (Lipinski definition) is 2. The second kappa shape index (κ2) is 11.0. The molecule has 0 aliphatic heterocycles. The first-order chi connectivity index (χ1) is 9.96. The summed E-state index contributed by atoms with van der Waals surface area (Å²) in [5, 5.41) is 6.59. The monoisotopic (exact) mass is 437 g/mol. The molecule has 0 heterocycles. The number of ether oxygens (including phenoxy) is 1. The predicted molar refractivity (Wildman–Crippen MR) is 109 cm³/mol. The van der Waals surface area contributed by atoms with Crippen LogP contribution in [0.5, 0.6) is 5.75 Å². The Hall–Kier alpha value is -0.630. The SMILES string of the molecule is CN=C(NCCOc1cccc(C)c1)NCC(C)(C)SC.I. The molecular weight excluding hydrogens is 409 g/mol. The fourth-order valence-corrected chi connectivity index (χ4v) is 1.85. The number of rotatable bonds is 7. The van der Waals surface area contributed by atoms with Gasteiger partial charge in [0.1, 0.15) is 12.4 Å². The summed E-state index contributed by atoms with van der Waals surface area (Å²) in [7, 11) is 1.78. The second-order valence-corrected chi connectivity index (χ2v) is 6.99. The Kier molecular flexibility index (Phi) is 10.7. The number of thioether (sulfide) groups is 1. The molecule has 0 aromatic heterocycles. The van der Waals surface area contributed by atoms with E-state index in [0.29, 0.717) is 13.2 Å². The van der Waals surface area contributed by atoms with Crippen LogP contribution in [0.3, 0.4) is 0 Å². The molecule has 0 amide bonds. The minimum absolute atomic E-state index is 0. The number of guanidine groups is 1. The Morgan fingerprint density at radius 2 is 2.05 bits per heavy atom. The van der Waals surface area contributed by atoms with Crippen molar-refractivity contribution in [3.63, 3.8) is 0 Å². The molecule has 0 unspecified atom stereocenters. The van der Waals surface area contributed by atoms with Crippen LogP contribution in [-0.2, 0) is 0 Å². The van der Waals surface area contributed by atoms with Crippen molar-refractivity contribution in [2.45, 2.75) is 25.5 Å². The number of nitrogens with zero attached hydrogens (tertiary/aromatic N) is 1. The topological polar surface area (TPSA) is 45.7 Å². The lowest BCUT2D eigenvalue weighted by Crippen LogP contribution is -2.44. The minimum atomic E-state index is 0. The Bertz CT molecular complexity index is 466. The summed E-state index contributed by atoms with van der Waals surface area (Å²) in [6.45, 7) is 8.66. The summed E-state index contributed by atoms with van der Waals surface area (Å²) in [6.07, 6.45) is 2.12. The zero-order valence-corrected chi connectivity index (χ0v) is 17.2. The van der Waals surface area contributed by atoms with E-state index in [9.17, 15) is 0 Å². The quantitative estimate of drug-likeness (QED) is 0.298. The van der Waals surface area contributed by atoms with Crippen molar-refractivity contribution in [2.24, 2.45) is 4.99 Å². The Morgan fingerprint density at radius 1 is 1.32 bits per heavy atom. The molecule has 0 bridgehead atoms. The Balaban J connectivity index is 0.00000441. The van der Waals surface area contributed by atoms with Crippen molar-refractivity contribution < 1.29 is 4.74 Å². The molecular formula is C16H28IN3OS. The highest BCUT2D eigenvalue weighted by Gasteiger charge is 2.15. The third kappa shape index (κ3) is 8.73. The minimum Gasteiger partial charge on any atom is -0.492 e. The maximum atomic E-state index is 5.70. The van der Waals surface area contributed by atoms with Gasteiger partial charge in [-0.3, -0.25) is 4.99 Å². The van der Waals surface area contributed by atoms with Crippen LogP contribution in [0, 0.1) is 6.92 Å². The highest BCUT2D eigenvalue weighted by molar-refractivity contribution is 14.0. The van der Waals surface area contributed by atoms with E-state index >= 15 is 0 Å². The first-order valence-corrected chi connectivity index (χ1v) is 8.38. The van der Waals surface area contributed by atoms with Crippen molar-refractivity contribution in [3.8, 4) is 5.75 Å². The molecule has 0 fully saturated rings. The molecule has 1 rings (SSSR count). The Morgan fingerprint density at radius 3 is 2.64 bits per heavy atom. The van der Waals surface area contributed by atoms with Crippen LogP contribution in [-0.4, -0.2) is 43.7 Å². The smallest absolute Gasteiger partial charge is 0.191 e. The third-order valence-electron chi connectivity index (χ3n) is 3.11. The molecule has 0 saturated heterocycles. The van der Waals surface area contributed by atoms with Gasteiger partial charge >= 0.3 is 0 Å². The van der Waals surface area contributed by atoms with Crippen LogP contribution >= 0.6 is 35.7 Å². The predicted octanol–water partition coefficient (Wildman–Crippen LogP) is 3.30. The number of aliphatic imine (C=N–C) groups is 1. The number of halogens is 1. The fourth-order valence-electron chi connectivity index (χ4n) is 1.63. The largest absolute Gasteiger partial charge is 0.492 e. The number of hydrogen-bond acceptors (Lipinski definition) is 3. The van der Waals surface area contributed by atoms with Crippen LogP contribution in [0.4, 0.5) is 0 Å². The molecule has 0 saturated carbocycles. The van der Waals surface area contributed by atoms with Gasteiger partial charge in [-0.05, 0) is 44.7 Å². The lowest BCUT2D eigenvalue weighted by atomic mass is 10.2. The zero-order valence-electron chi connectivity index (χ0n) is 14.1. The molecule has 22 heavy (non-hydrogen) atoms. The number of benzene rings is 1. The van der Waals surface area contributed by atoms with Gasteiger partial charge in [0.25, 0.3) is 0 Å². The fraction of sp³-hybridized carbons (Fsp3) is 0.562. The van der Waals surface area contributed by atoms with Gasteiger partial charge in [0.15, 0.2) is 5.96 Å². The molecule has 0 aliphatic carbocycles. The summed E-state index contributed by atoms with van der Waals surface area (Å²) in [5.74, 6) is 1.72. The highest BCUT2D eigenvalue weighted by Crippen LogP contribution is 2.19. The van der Waals surface area contributed by atoms with E-state index < -0.39 is 0 Å². The van der Waals surface area contributed by atoms with Crippen LogP contribution in [0.2, 0.25) is 0 Å². The summed E-state index contributed by atoms with van der Waals surface area (Å²) >= 11 is 1.84. The van der Waals surface area contributed by atoms with Crippen molar-refractivity contribution in [2.75, 3.05) is 33.0 Å². The first kappa shape index (κ1) is 21.4. The maximum absolute atomic E-state index is 5.70. The van der Waals surface area contributed by atoms with Crippen LogP contribution in [0.1, 0.15) is 19.4 Å². The van der Waals surface area contributed by atoms with Crippen molar-refractivity contribution >= 4 is 41.7 Å². The van der Waals surface area contributed by atoms with Gasteiger partial charge in [0.2, 0.25) is 0 Å². The molecule has 1 aromatic carbocycles. The standard InChI is InChI=1S/C16H27N3OS.HI/c1-13-7-6-8-14(11-13)20-10-9-18-15(17-4)19-12-16(2,3)21-5;/h6-8,11H,9-10,12H2,1-5H3,(H2,17,18,19);1H. The zero-order chi connectivity index (χ0) is 15.7. The number of aryl methyl sites for hydroxylation is 1. The molecule has 0 aliphatic rings. The van der Waals surface area contributed by atoms with E-state index in [0.717, 1.165) is 18.3 Å². The lowest BCUT2D eigenvalue weighted by molar-refractivity contribution is 0.321. The van der Waals surface area contributed by atoms with Gasteiger partial charge in [-0.15, -0.1) is 24.0 Å². The van der Waals surface area contributed by atoms with E-state index in [4.69, 9.17) is 4.74 Å². The van der Waals surface area contributed by atoms with Gasteiger partial charge in [-0.2, -0.15) is 11.8 Å². The van der Waals surface area contributed by atoms with Crippen molar-refractivity contribution in [1.82, 2.24) is 10.6 Å². The average Bonchev–Trinajstić information content (AvgIpc) is 2.46. The van der Waals surface area contributed by atoms with Crippen molar-refractivity contribution in [1.29, 1.82) is 0 Å². The second-order valence-electron chi connectivity index (χ2n) is 5.48. The van der Waals surface area contributed by atoms with Gasteiger partial charge in [0, 0.05) is 18.3 Å². The normalized spacial score (nSPS) is 11.6. The molecule has 2 N–H and O–H groups in total. The Labute approximate surface area is 155 Å². The summed E-state index contributed by atoms with van der Waals surface area (Å²) in [5.41, 5.74) is 1.21. The van der Waals surface area contributed by atoms with E-state index in [1.165, 1.54) is 5.56 Å². The number of nitrogens with one attached hydrogen (secondary N) is 2. The maximum Gasteiger partial charge on any atom is 0.191 e. The lowest BCUT2D eigenvalue weighted by Gasteiger charge is -2.23. The van der Waals surface area contributed by atoms with E-state index in [2.05, 4.69) is 48.7 Å². The first-order valence-electron chi connectivity index (χ1n) is 7.16. The van der Waals surface area contributed by atoms with Gasteiger partial charge < -0.3 is 15.4 Å². The van der Waals surface area contributed by atoms with Gasteiger partial charge in [-0.25, -0.2) is 0 Å². The molecule has 126 valence electrons. The molecule has 0 spiro atoms. The van der Waals surface area contributed by atoms with E-state index in [1.807, 2.05) is 30.0 Å². The van der Waals surface area contributed by atoms with Gasteiger partial charge in [0.05, 0.1) is 6.54 Å². The summed E-state index contributed by atoms with van der Waals surface area (Å²) < 4.78 is 5.89. The molecule has 0 atom stereocenters. The van der Waals surface area contributed by atoms with Crippen LogP contribution < -0.4 is 15.4 Å². The molecule has 1 aromatic rings. The van der Waals surface area contributed by atoms with Gasteiger partial charge in [-0.1, -0.05) is 12.1 Å². The molecule has 4 nitrogen and oxygen atoms in total. The summed E-state index contributed by atoms with van der Waals surface area (Å²) in [6, 6.07) is 8.07. The molecule has 6 heteroatoms. The van der Waals surface area contributed by atoms with Crippen LogP contribution in [0.15, 0.2) is 29.3 Å². The average molecular weight is 437 g/mol. The molecule has 0 radical (unpaired) electrons. The van der Waals surface area contributed by atoms with E-state index in [1.54, 1.807) is 7.05 Å². The summed E-state index contributed by atoms with van der Waals surface area (Å²) in [4.78, 5) is 4.21.